The summed E-state index contributed by atoms with van der Waals surface area (Å²) in [5.41, 5.74) is 7.79. The summed E-state index contributed by atoms with van der Waals surface area (Å²) in [6.07, 6.45) is 2.47. The van der Waals surface area contributed by atoms with E-state index in [1.165, 1.54) is 17.4 Å². The molecule has 3 N–H and O–H groups in total. The third-order valence-corrected chi connectivity index (χ3v) is 7.53. The van der Waals surface area contributed by atoms with Gasteiger partial charge in [0.05, 0.1) is 27.3 Å². The van der Waals surface area contributed by atoms with Crippen LogP contribution in [0.3, 0.4) is 0 Å². The number of halogens is 2. The molecule has 196 valence electrons. The number of piperidine rings is 1. The first-order chi connectivity index (χ1) is 17.8. The van der Waals surface area contributed by atoms with E-state index in [4.69, 9.17) is 33.7 Å². The number of nitrogens with two attached hydrogens (primary N) is 1. The molecule has 1 amide bonds. The number of aromatic nitrogens is 1. The topological polar surface area (TPSA) is 124 Å². The molecule has 1 aliphatic rings. The van der Waals surface area contributed by atoms with Gasteiger partial charge in [-0.1, -0.05) is 29.3 Å². The maximum Gasteiger partial charge on any atom is 0.311 e. The smallest absolute Gasteiger partial charge is 0.311 e. The number of carbonyl (C=O) groups excluding carboxylic acids is 1. The lowest BCUT2D eigenvalue weighted by atomic mass is 10.0. The Hall–Kier alpha value is -2.92. The van der Waals surface area contributed by atoms with Gasteiger partial charge in [-0.2, -0.15) is 0 Å². The normalized spacial score (nSPS) is 14.4. The average molecular weight is 564 g/mol. The minimum atomic E-state index is -0.491. The van der Waals surface area contributed by atoms with Crippen LogP contribution >= 0.6 is 34.5 Å². The maximum atomic E-state index is 12.4. The number of thiazole rings is 1. The molecule has 1 fully saturated rings. The van der Waals surface area contributed by atoms with Crippen LogP contribution < -0.4 is 15.8 Å². The fraction of sp³-hybridized carbons (Fsp3) is 0.360. The van der Waals surface area contributed by atoms with Crippen molar-refractivity contribution >= 4 is 51.3 Å². The van der Waals surface area contributed by atoms with E-state index >= 15 is 0 Å². The second kappa shape index (κ2) is 12.6. The van der Waals surface area contributed by atoms with Gasteiger partial charge < -0.3 is 15.8 Å². The van der Waals surface area contributed by atoms with E-state index in [2.05, 4.69) is 15.2 Å². The molecule has 3 aromatic rings. The van der Waals surface area contributed by atoms with Gasteiger partial charge in [0.1, 0.15) is 0 Å². The minimum Gasteiger partial charge on any atom is -0.487 e. The molecule has 9 nitrogen and oxygen atoms in total. The summed E-state index contributed by atoms with van der Waals surface area (Å²) in [6.45, 7) is 2.74. The van der Waals surface area contributed by atoms with Crippen molar-refractivity contribution in [2.24, 2.45) is 0 Å². The Morgan fingerprint density at radius 2 is 2.00 bits per heavy atom. The number of likely N-dealkylation sites (tertiary alicyclic amines) is 1. The molecule has 0 aliphatic carbocycles. The number of rotatable bonds is 10. The number of hydrogen-bond donors (Lipinski definition) is 2. The standard InChI is InChI=1S/C25H27Cl2N5O4S/c26-19-5-3-16(12-20(19)27)14-31-9-7-18(8-10-31)29-24(33)2-1-11-36-23-6-4-17(13-22(23)32(34)35)21-15-37-25(28)30-21/h3-6,12-13,15,18H,1-2,7-11,14H2,(H2,28,30)(H,29,33). The molecule has 0 atom stereocenters. The van der Waals surface area contributed by atoms with Gasteiger partial charge >= 0.3 is 5.69 Å². The van der Waals surface area contributed by atoms with Crippen molar-refractivity contribution in [3.8, 4) is 17.0 Å². The number of nitrogens with one attached hydrogen (secondary N) is 1. The van der Waals surface area contributed by atoms with Gasteiger partial charge in [0, 0.05) is 49.1 Å². The molecular weight excluding hydrogens is 537 g/mol. The highest BCUT2D eigenvalue weighted by Crippen LogP contribution is 2.33. The van der Waals surface area contributed by atoms with Crippen LogP contribution in [0.2, 0.25) is 10.0 Å². The molecule has 1 aliphatic heterocycles. The number of nitrogens with zero attached hydrogens (tertiary/aromatic N) is 3. The molecule has 0 bridgehead atoms. The summed E-state index contributed by atoms with van der Waals surface area (Å²) in [6, 6.07) is 10.5. The molecule has 12 heteroatoms. The second-order valence-electron chi connectivity index (χ2n) is 8.83. The van der Waals surface area contributed by atoms with E-state index in [0.717, 1.165) is 38.0 Å². The Bertz CT molecular complexity index is 1260. The minimum absolute atomic E-state index is 0.0440. The molecule has 1 saturated heterocycles. The van der Waals surface area contributed by atoms with Crippen LogP contribution in [0.5, 0.6) is 5.75 Å². The first-order valence-corrected chi connectivity index (χ1v) is 13.5. The quantitative estimate of drug-likeness (QED) is 0.188. The number of amides is 1. The zero-order valence-electron chi connectivity index (χ0n) is 20.0. The van der Waals surface area contributed by atoms with E-state index in [0.29, 0.717) is 32.9 Å². The number of benzene rings is 2. The van der Waals surface area contributed by atoms with Crippen LogP contribution in [0, 0.1) is 10.1 Å². The molecule has 0 spiro atoms. The van der Waals surface area contributed by atoms with Gasteiger partial charge in [0.15, 0.2) is 10.9 Å². The van der Waals surface area contributed by atoms with Crippen molar-refractivity contribution in [3.05, 3.63) is 67.5 Å². The molecular formula is C25H27Cl2N5O4S. The summed E-state index contributed by atoms with van der Waals surface area (Å²) in [5, 5.41) is 17.9. The van der Waals surface area contributed by atoms with Crippen LogP contribution in [0.25, 0.3) is 11.3 Å². The average Bonchev–Trinajstić information content (AvgIpc) is 3.31. The highest BCUT2D eigenvalue weighted by molar-refractivity contribution is 7.13. The molecule has 0 radical (unpaired) electrons. The van der Waals surface area contributed by atoms with Crippen LogP contribution in [-0.4, -0.2) is 46.5 Å². The van der Waals surface area contributed by atoms with Crippen molar-refractivity contribution in [2.75, 3.05) is 25.4 Å². The lowest BCUT2D eigenvalue weighted by Crippen LogP contribution is -2.44. The van der Waals surface area contributed by atoms with Crippen molar-refractivity contribution < 1.29 is 14.5 Å². The van der Waals surface area contributed by atoms with Crippen molar-refractivity contribution in [3.63, 3.8) is 0 Å². The van der Waals surface area contributed by atoms with Crippen LogP contribution in [0.4, 0.5) is 10.8 Å². The number of carbonyl (C=O) groups is 1. The summed E-state index contributed by atoms with van der Waals surface area (Å²) in [7, 11) is 0. The predicted molar refractivity (Wildman–Crippen MR) is 146 cm³/mol. The van der Waals surface area contributed by atoms with E-state index in [-0.39, 0.29) is 36.4 Å². The number of nitro groups is 1. The summed E-state index contributed by atoms with van der Waals surface area (Å²) >= 11 is 13.4. The number of ether oxygens (including phenoxy) is 1. The molecule has 0 unspecified atom stereocenters. The molecule has 37 heavy (non-hydrogen) atoms. The predicted octanol–water partition coefficient (Wildman–Crippen LogP) is 5.55. The Kier molecular flexibility index (Phi) is 9.20. The second-order valence-corrected chi connectivity index (χ2v) is 10.5. The Morgan fingerprint density at radius 1 is 1.22 bits per heavy atom. The Labute approximate surface area is 228 Å². The van der Waals surface area contributed by atoms with Crippen molar-refractivity contribution in [1.29, 1.82) is 0 Å². The number of hydrogen-bond acceptors (Lipinski definition) is 8. The molecule has 2 heterocycles. The summed E-state index contributed by atoms with van der Waals surface area (Å²) in [4.78, 5) is 29.9. The molecule has 4 rings (SSSR count). The van der Waals surface area contributed by atoms with Crippen LogP contribution in [-0.2, 0) is 11.3 Å². The Balaban J connectivity index is 1.18. The monoisotopic (exact) mass is 563 g/mol. The van der Waals surface area contributed by atoms with Gasteiger partial charge in [-0.3, -0.25) is 19.8 Å². The lowest BCUT2D eigenvalue weighted by molar-refractivity contribution is -0.385. The summed E-state index contributed by atoms with van der Waals surface area (Å²) in [5.74, 6) is 0.115. The van der Waals surface area contributed by atoms with Gasteiger partial charge in [-0.05, 0) is 49.1 Å². The van der Waals surface area contributed by atoms with Crippen LogP contribution in [0.15, 0.2) is 41.8 Å². The number of nitrogen functional groups attached to an aromatic ring is 1. The Morgan fingerprint density at radius 3 is 2.68 bits per heavy atom. The third kappa shape index (κ3) is 7.54. The SMILES string of the molecule is Nc1nc(-c2ccc(OCCCC(=O)NC3CCN(Cc4ccc(Cl)c(Cl)c4)CC3)c([N+](=O)[O-])c2)cs1. The van der Waals surface area contributed by atoms with E-state index in [1.54, 1.807) is 17.5 Å². The van der Waals surface area contributed by atoms with E-state index in [1.807, 2.05) is 18.2 Å². The van der Waals surface area contributed by atoms with E-state index < -0.39 is 4.92 Å². The fourth-order valence-electron chi connectivity index (χ4n) is 4.21. The van der Waals surface area contributed by atoms with Gasteiger partial charge in [-0.25, -0.2) is 4.98 Å². The largest absolute Gasteiger partial charge is 0.487 e. The molecule has 2 aromatic carbocycles. The van der Waals surface area contributed by atoms with E-state index in [9.17, 15) is 14.9 Å². The zero-order valence-corrected chi connectivity index (χ0v) is 22.3. The van der Waals surface area contributed by atoms with Gasteiger partial charge in [0.25, 0.3) is 0 Å². The highest BCUT2D eigenvalue weighted by atomic mass is 35.5. The molecule has 0 saturated carbocycles. The maximum absolute atomic E-state index is 12.4. The lowest BCUT2D eigenvalue weighted by Gasteiger charge is -2.32. The number of nitro benzene ring substituents is 1. The molecule has 1 aromatic heterocycles. The zero-order chi connectivity index (χ0) is 26.4. The van der Waals surface area contributed by atoms with Crippen molar-refractivity contribution in [1.82, 2.24) is 15.2 Å². The third-order valence-electron chi connectivity index (χ3n) is 6.12. The fourth-order valence-corrected chi connectivity index (χ4v) is 5.10. The van der Waals surface area contributed by atoms with Crippen molar-refractivity contribution in [2.45, 2.75) is 38.3 Å². The number of anilines is 1. The van der Waals surface area contributed by atoms with Gasteiger partial charge in [0.2, 0.25) is 5.91 Å². The first-order valence-electron chi connectivity index (χ1n) is 11.9. The van der Waals surface area contributed by atoms with Crippen LogP contribution in [0.1, 0.15) is 31.2 Å². The summed E-state index contributed by atoms with van der Waals surface area (Å²) < 4.78 is 5.63. The van der Waals surface area contributed by atoms with Gasteiger partial charge in [-0.15, -0.1) is 11.3 Å². The highest BCUT2D eigenvalue weighted by Gasteiger charge is 2.21. The first kappa shape index (κ1) is 27.1.